The summed E-state index contributed by atoms with van der Waals surface area (Å²) >= 11 is 0. The Labute approximate surface area is 90.3 Å². The third-order valence-corrected chi connectivity index (χ3v) is 3.31. The third-order valence-electron chi connectivity index (χ3n) is 3.31. The van der Waals surface area contributed by atoms with Gasteiger partial charge in [0, 0.05) is 19.4 Å². The monoisotopic (exact) mass is 209 g/mol. The molecule has 1 aliphatic rings. The van der Waals surface area contributed by atoms with Crippen LogP contribution in [0.2, 0.25) is 0 Å². The molecule has 1 heterocycles. The lowest BCUT2D eigenvalue weighted by atomic mass is 9.82. The number of aryl methyl sites for hydroxylation is 1. The van der Waals surface area contributed by atoms with Crippen LogP contribution in [0.15, 0.2) is 12.4 Å². The molecule has 0 amide bonds. The number of imidazole rings is 1. The minimum absolute atomic E-state index is 0.142. The van der Waals surface area contributed by atoms with E-state index in [1.807, 2.05) is 17.8 Å². The maximum absolute atomic E-state index is 9.53. The maximum atomic E-state index is 9.53. The van der Waals surface area contributed by atoms with Crippen molar-refractivity contribution in [3.05, 3.63) is 12.4 Å². The van der Waals surface area contributed by atoms with Gasteiger partial charge in [-0.1, -0.05) is 19.3 Å². The van der Waals surface area contributed by atoms with Gasteiger partial charge in [0.05, 0.1) is 12.1 Å². The zero-order valence-electron chi connectivity index (χ0n) is 9.24. The highest BCUT2D eigenvalue weighted by atomic mass is 16.3. The van der Waals surface area contributed by atoms with Gasteiger partial charge in [-0.3, -0.25) is 0 Å². The summed E-state index contributed by atoms with van der Waals surface area (Å²) in [5, 5.41) is 12.9. The van der Waals surface area contributed by atoms with Gasteiger partial charge < -0.3 is 15.0 Å². The van der Waals surface area contributed by atoms with Gasteiger partial charge >= 0.3 is 0 Å². The highest BCUT2D eigenvalue weighted by Crippen LogP contribution is 2.30. The number of nitrogens with zero attached hydrogens (tertiary/aromatic N) is 2. The standard InChI is InChI=1S/C11H19N3O/c1-14-8-7-12-10(14)13-11(9-15)5-3-2-4-6-11/h7-8,15H,2-6,9H2,1H3,(H,12,13). The largest absolute Gasteiger partial charge is 0.394 e. The maximum Gasteiger partial charge on any atom is 0.203 e. The highest BCUT2D eigenvalue weighted by molar-refractivity contribution is 5.31. The summed E-state index contributed by atoms with van der Waals surface area (Å²) in [6.45, 7) is 0.194. The molecule has 1 aliphatic carbocycles. The average molecular weight is 209 g/mol. The first-order valence-electron chi connectivity index (χ1n) is 5.62. The molecule has 4 heteroatoms. The van der Waals surface area contributed by atoms with Crippen molar-refractivity contribution in [3.63, 3.8) is 0 Å². The van der Waals surface area contributed by atoms with Gasteiger partial charge in [0.15, 0.2) is 0 Å². The van der Waals surface area contributed by atoms with E-state index in [0.29, 0.717) is 0 Å². The van der Waals surface area contributed by atoms with Crippen LogP contribution < -0.4 is 5.32 Å². The zero-order chi connectivity index (χ0) is 10.7. The first-order valence-corrected chi connectivity index (χ1v) is 5.62. The first kappa shape index (κ1) is 10.5. The molecule has 4 nitrogen and oxygen atoms in total. The molecule has 0 radical (unpaired) electrons. The second-order valence-electron chi connectivity index (χ2n) is 4.49. The molecule has 1 aromatic rings. The molecule has 15 heavy (non-hydrogen) atoms. The van der Waals surface area contributed by atoms with Crippen molar-refractivity contribution < 1.29 is 5.11 Å². The molecule has 0 atom stereocenters. The van der Waals surface area contributed by atoms with Crippen LogP contribution in [0, 0.1) is 0 Å². The Morgan fingerprint density at radius 1 is 1.47 bits per heavy atom. The minimum atomic E-state index is -0.142. The van der Waals surface area contributed by atoms with E-state index in [0.717, 1.165) is 18.8 Å². The van der Waals surface area contributed by atoms with Crippen molar-refractivity contribution in [1.29, 1.82) is 0 Å². The predicted octanol–water partition coefficient (Wildman–Crippen LogP) is 1.53. The molecule has 0 aliphatic heterocycles. The number of hydrogen-bond donors (Lipinski definition) is 2. The van der Waals surface area contributed by atoms with E-state index < -0.39 is 0 Å². The van der Waals surface area contributed by atoms with E-state index in [1.165, 1.54) is 19.3 Å². The number of aliphatic hydroxyl groups excluding tert-OH is 1. The summed E-state index contributed by atoms with van der Waals surface area (Å²) in [6, 6.07) is 0. The zero-order valence-corrected chi connectivity index (χ0v) is 9.24. The van der Waals surface area contributed by atoms with E-state index in [1.54, 1.807) is 6.20 Å². The van der Waals surface area contributed by atoms with E-state index >= 15 is 0 Å². The Morgan fingerprint density at radius 2 is 2.20 bits per heavy atom. The lowest BCUT2D eigenvalue weighted by Gasteiger charge is -2.36. The summed E-state index contributed by atoms with van der Waals surface area (Å²) in [7, 11) is 1.96. The predicted molar refractivity (Wildman–Crippen MR) is 59.7 cm³/mol. The van der Waals surface area contributed by atoms with Crippen LogP contribution >= 0.6 is 0 Å². The quantitative estimate of drug-likeness (QED) is 0.793. The molecule has 2 rings (SSSR count). The average Bonchev–Trinajstić information content (AvgIpc) is 2.66. The number of rotatable bonds is 3. The van der Waals surface area contributed by atoms with Gasteiger partial charge in [-0.2, -0.15) is 0 Å². The first-order chi connectivity index (χ1) is 7.26. The summed E-state index contributed by atoms with van der Waals surface area (Å²) < 4.78 is 1.95. The molecular formula is C11H19N3O. The van der Waals surface area contributed by atoms with Crippen molar-refractivity contribution >= 4 is 5.95 Å². The van der Waals surface area contributed by atoms with Crippen molar-refractivity contribution in [1.82, 2.24) is 9.55 Å². The summed E-state index contributed by atoms with van der Waals surface area (Å²) in [5.74, 6) is 0.853. The van der Waals surface area contributed by atoms with Gasteiger partial charge in [-0.25, -0.2) is 4.98 Å². The molecule has 0 bridgehead atoms. The van der Waals surface area contributed by atoms with E-state index in [4.69, 9.17) is 0 Å². The van der Waals surface area contributed by atoms with Gasteiger partial charge in [0.2, 0.25) is 5.95 Å². The lowest BCUT2D eigenvalue weighted by molar-refractivity contribution is 0.172. The Kier molecular flexibility index (Phi) is 2.95. The second-order valence-corrected chi connectivity index (χ2v) is 4.49. The second kappa shape index (κ2) is 4.23. The van der Waals surface area contributed by atoms with Gasteiger partial charge in [0.25, 0.3) is 0 Å². The van der Waals surface area contributed by atoms with Crippen LogP contribution in [-0.2, 0) is 7.05 Å². The molecule has 1 aromatic heterocycles. The smallest absolute Gasteiger partial charge is 0.203 e. The Morgan fingerprint density at radius 3 is 2.73 bits per heavy atom. The van der Waals surface area contributed by atoms with Crippen LogP contribution in [-0.4, -0.2) is 26.8 Å². The Bertz CT molecular complexity index is 315. The summed E-state index contributed by atoms with van der Waals surface area (Å²) in [6.07, 6.45) is 9.43. The van der Waals surface area contributed by atoms with Crippen molar-refractivity contribution in [2.24, 2.45) is 7.05 Å². The molecule has 0 spiro atoms. The minimum Gasteiger partial charge on any atom is -0.394 e. The number of nitrogens with one attached hydrogen (secondary N) is 1. The van der Waals surface area contributed by atoms with Crippen molar-refractivity contribution in [2.75, 3.05) is 11.9 Å². The fourth-order valence-corrected chi connectivity index (χ4v) is 2.27. The number of aromatic nitrogens is 2. The summed E-state index contributed by atoms with van der Waals surface area (Å²) in [4.78, 5) is 4.24. The number of hydrogen-bond acceptors (Lipinski definition) is 3. The van der Waals surface area contributed by atoms with Crippen LogP contribution in [0.25, 0.3) is 0 Å². The van der Waals surface area contributed by atoms with Gasteiger partial charge in [-0.05, 0) is 12.8 Å². The normalized spacial score (nSPS) is 20.1. The lowest BCUT2D eigenvalue weighted by Crippen LogP contribution is -2.44. The van der Waals surface area contributed by atoms with E-state index in [2.05, 4.69) is 10.3 Å². The number of aliphatic hydroxyl groups is 1. The SMILES string of the molecule is Cn1ccnc1NC1(CO)CCCCC1. The van der Waals surface area contributed by atoms with Crippen molar-refractivity contribution in [3.8, 4) is 0 Å². The molecule has 1 saturated carbocycles. The van der Waals surface area contributed by atoms with Crippen LogP contribution in [0.3, 0.4) is 0 Å². The molecule has 84 valence electrons. The third kappa shape index (κ3) is 2.15. The Hall–Kier alpha value is -1.03. The molecule has 0 saturated heterocycles. The van der Waals surface area contributed by atoms with Crippen LogP contribution in [0.5, 0.6) is 0 Å². The molecular weight excluding hydrogens is 190 g/mol. The number of anilines is 1. The molecule has 0 unspecified atom stereocenters. The molecule has 1 fully saturated rings. The van der Waals surface area contributed by atoms with Crippen LogP contribution in [0.4, 0.5) is 5.95 Å². The van der Waals surface area contributed by atoms with E-state index in [-0.39, 0.29) is 12.1 Å². The van der Waals surface area contributed by atoms with Crippen LogP contribution in [0.1, 0.15) is 32.1 Å². The highest BCUT2D eigenvalue weighted by Gasteiger charge is 2.31. The summed E-state index contributed by atoms with van der Waals surface area (Å²) in [5.41, 5.74) is -0.142. The topological polar surface area (TPSA) is 50.1 Å². The van der Waals surface area contributed by atoms with Crippen molar-refractivity contribution in [2.45, 2.75) is 37.6 Å². The van der Waals surface area contributed by atoms with E-state index in [9.17, 15) is 5.11 Å². The molecule has 0 aromatic carbocycles. The van der Waals surface area contributed by atoms with Gasteiger partial charge in [-0.15, -0.1) is 0 Å². The van der Waals surface area contributed by atoms with Gasteiger partial charge in [0.1, 0.15) is 0 Å². The fourth-order valence-electron chi connectivity index (χ4n) is 2.27. The molecule has 2 N–H and O–H groups in total. The Balaban J connectivity index is 2.10. The fraction of sp³-hybridized carbons (Fsp3) is 0.727.